The minimum Gasteiger partial charge on any atom is -0.313 e. The number of tetrazole rings is 1. The van der Waals surface area contributed by atoms with Crippen molar-refractivity contribution in [1.82, 2.24) is 29.8 Å². The van der Waals surface area contributed by atoms with Crippen molar-refractivity contribution in [3.8, 4) is 0 Å². The Morgan fingerprint density at radius 3 is 2.41 bits per heavy atom. The van der Waals surface area contributed by atoms with E-state index in [0.717, 1.165) is 27.9 Å². The van der Waals surface area contributed by atoms with Crippen LogP contribution in [0.25, 0.3) is 11.0 Å². The summed E-state index contributed by atoms with van der Waals surface area (Å²) in [5.74, 6) is -0.0785. The van der Waals surface area contributed by atoms with E-state index in [-0.39, 0.29) is 11.9 Å². The number of anilines is 1. The zero-order valence-electron chi connectivity index (χ0n) is 17.3. The highest BCUT2D eigenvalue weighted by Gasteiger charge is 2.11. The number of benzene rings is 3. The van der Waals surface area contributed by atoms with Crippen molar-refractivity contribution >= 4 is 28.6 Å². The first-order valence-corrected chi connectivity index (χ1v) is 10.1. The number of rotatable bonds is 5. The molecule has 0 saturated carbocycles. The van der Waals surface area contributed by atoms with Gasteiger partial charge in [0.05, 0.1) is 23.3 Å². The Labute approximate surface area is 183 Å². The van der Waals surface area contributed by atoms with E-state index in [1.54, 1.807) is 12.1 Å². The first-order valence-electron chi connectivity index (χ1n) is 10.1. The highest BCUT2D eigenvalue weighted by atomic mass is 16.1. The summed E-state index contributed by atoms with van der Waals surface area (Å²) in [4.78, 5) is 17.3. The van der Waals surface area contributed by atoms with Crippen LogP contribution in [0.2, 0.25) is 0 Å². The molecule has 0 aliphatic heterocycles. The molecule has 2 N–H and O–H groups in total. The number of hydrogen-bond donors (Lipinski definition) is 2. The second-order valence-electron chi connectivity index (χ2n) is 7.28. The lowest BCUT2D eigenvalue weighted by atomic mass is 10.1. The van der Waals surface area contributed by atoms with Gasteiger partial charge in [-0.2, -0.15) is 0 Å². The molecule has 2 aromatic heterocycles. The lowest BCUT2D eigenvalue weighted by Gasteiger charge is -2.07. The molecule has 0 spiro atoms. The molecule has 2 heterocycles. The zero-order valence-corrected chi connectivity index (χ0v) is 17.3. The number of fused-ring (bicyclic) bond motifs is 1. The third-order valence-corrected chi connectivity index (χ3v) is 5.19. The number of hydrogen-bond acceptors (Lipinski definition) is 5. The predicted molar refractivity (Wildman–Crippen MR) is 120 cm³/mol. The van der Waals surface area contributed by atoms with Gasteiger partial charge in [0.15, 0.2) is 0 Å². The number of carbonyl (C=O) groups excluding carboxylic acids is 1. The van der Waals surface area contributed by atoms with E-state index >= 15 is 0 Å². The Morgan fingerprint density at radius 1 is 0.969 bits per heavy atom. The molecule has 3 aromatic carbocycles. The number of H-pyrrole nitrogens is 1. The van der Waals surface area contributed by atoms with Crippen LogP contribution in [0.4, 0.5) is 11.6 Å². The molecule has 0 bridgehead atoms. The zero-order chi connectivity index (χ0) is 21.9. The first-order chi connectivity index (χ1) is 15.7. The summed E-state index contributed by atoms with van der Waals surface area (Å²) in [5.41, 5.74) is 5.48. The topological polar surface area (TPSA) is 106 Å². The maximum Gasteiger partial charge on any atom is 0.258 e. The highest BCUT2D eigenvalue weighted by molar-refractivity contribution is 6.03. The van der Waals surface area contributed by atoms with Crippen molar-refractivity contribution in [3.05, 3.63) is 95.6 Å². The van der Waals surface area contributed by atoms with Crippen LogP contribution in [0.3, 0.4) is 0 Å². The number of amides is 1. The number of aromatic amines is 1. The second-order valence-corrected chi connectivity index (χ2v) is 7.28. The van der Waals surface area contributed by atoms with Gasteiger partial charge in [-0.15, -0.1) is 0 Å². The molecular formula is C23H20N8O. The standard InChI is InChI=1S/C23H20N8O/c1-30-19-9-5-6-10-20(19)31(23(30)24-18-7-3-2-4-8-18)15-16-11-13-17(14-12-16)21(32)25-22-26-28-29-27-22/h2-14H,15H2,1H3,(H2,25,26,27,28,29,32)/b24-23+. The minimum absolute atomic E-state index is 0.206. The predicted octanol–water partition coefficient (Wildman–Crippen LogP) is 3.03. The fourth-order valence-electron chi connectivity index (χ4n) is 3.62. The van der Waals surface area contributed by atoms with E-state index in [1.807, 2.05) is 61.6 Å². The molecule has 0 atom stereocenters. The number of imidazole rings is 1. The van der Waals surface area contributed by atoms with E-state index in [1.165, 1.54) is 0 Å². The third-order valence-electron chi connectivity index (χ3n) is 5.19. The molecule has 0 radical (unpaired) electrons. The second kappa shape index (κ2) is 8.31. The normalized spacial score (nSPS) is 11.7. The molecule has 32 heavy (non-hydrogen) atoms. The lowest BCUT2D eigenvalue weighted by molar-refractivity contribution is 0.102. The van der Waals surface area contributed by atoms with Crippen LogP contribution < -0.4 is 10.9 Å². The van der Waals surface area contributed by atoms with Gasteiger partial charge in [-0.1, -0.05) is 47.6 Å². The summed E-state index contributed by atoms with van der Waals surface area (Å²) in [6.45, 7) is 0.612. The summed E-state index contributed by atoms with van der Waals surface area (Å²) in [7, 11) is 2.02. The molecule has 9 nitrogen and oxygen atoms in total. The number of carbonyl (C=O) groups is 1. The van der Waals surface area contributed by atoms with Crippen molar-refractivity contribution in [1.29, 1.82) is 0 Å². The van der Waals surface area contributed by atoms with Gasteiger partial charge in [0, 0.05) is 12.6 Å². The van der Waals surface area contributed by atoms with Crippen molar-refractivity contribution in [2.45, 2.75) is 6.54 Å². The molecule has 0 fully saturated rings. The van der Waals surface area contributed by atoms with Crippen LogP contribution in [-0.4, -0.2) is 35.7 Å². The van der Waals surface area contributed by atoms with E-state index in [4.69, 9.17) is 4.99 Å². The highest BCUT2D eigenvalue weighted by Crippen LogP contribution is 2.16. The van der Waals surface area contributed by atoms with Crippen LogP contribution in [-0.2, 0) is 13.6 Å². The fraction of sp³-hybridized carbons (Fsp3) is 0.0870. The van der Waals surface area contributed by atoms with Crippen molar-refractivity contribution < 1.29 is 4.79 Å². The van der Waals surface area contributed by atoms with Gasteiger partial charge >= 0.3 is 0 Å². The van der Waals surface area contributed by atoms with Gasteiger partial charge in [-0.05, 0) is 52.4 Å². The molecule has 5 rings (SSSR count). The van der Waals surface area contributed by atoms with E-state index in [2.05, 4.69) is 47.2 Å². The average molecular weight is 424 g/mol. The largest absolute Gasteiger partial charge is 0.313 e. The number of para-hydroxylation sites is 3. The third kappa shape index (κ3) is 3.79. The molecule has 1 amide bonds. The van der Waals surface area contributed by atoms with Gasteiger partial charge in [0.25, 0.3) is 5.91 Å². The Hall–Kier alpha value is -4.53. The van der Waals surface area contributed by atoms with Crippen LogP contribution in [0.1, 0.15) is 15.9 Å². The van der Waals surface area contributed by atoms with E-state index in [9.17, 15) is 4.79 Å². The van der Waals surface area contributed by atoms with Gasteiger partial charge in [0.2, 0.25) is 11.6 Å². The maximum atomic E-state index is 12.4. The molecule has 5 aromatic rings. The molecule has 0 unspecified atom stereocenters. The summed E-state index contributed by atoms with van der Waals surface area (Å²) in [6.07, 6.45) is 0. The van der Waals surface area contributed by atoms with Crippen molar-refractivity contribution in [2.75, 3.05) is 5.32 Å². The smallest absolute Gasteiger partial charge is 0.258 e. The van der Waals surface area contributed by atoms with Gasteiger partial charge < -0.3 is 9.13 Å². The molecule has 158 valence electrons. The van der Waals surface area contributed by atoms with Crippen LogP contribution >= 0.6 is 0 Å². The summed E-state index contributed by atoms with van der Waals surface area (Å²) >= 11 is 0. The Bertz CT molecular complexity index is 1430. The van der Waals surface area contributed by atoms with Crippen molar-refractivity contribution in [2.24, 2.45) is 12.0 Å². The SMILES string of the molecule is Cn1/c(=N\c2ccccc2)n(Cc2ccc(C(=O)Nc3nnn[nH]3)cc2)c2ccccc21. The minimum atomic E-state index is -0.285. The lowest BCUT2D eigenvalue weighted by Crippen LogP contribution is -2.24. The molecule has 9 heteroatoms. The van der Waals surface area contributed by atoms with Crippen LogP contribution in [0.15, 0.2) is 83.9 Å². The fourth-order valence-corrected chi connectivity index (χ4v) is 3.62. The van der Waals surface area contributed by atoms with Crippen molar-refractivity contribution in [3.63, 3.8) is 0 Å². The number of nitrogens with one attached hydrogen (secondary N) is 2. The monoisotopic (exact) mass is 424 g/mol. The Morgan fingerprint density at radius 2 is 1.69 bits per heavy atom. The van der Waals surface area contributed by atoms with Crippen LogP contribution in [0, 0.1) is 0 Å². The summed E-state index contributed by atoms with van der Waals surface area (Å²) in [5, 5.41) is 15.7. The number of nitrogens with zero attached hydrogens (tertiary/aromatic N) is 6. The van der Waals surface area contributed by atoms with E-state index in [0.29, 0.717) is 12.1 Å². The quantitative estimate of drug-likeness (QED) is 0.452. The number of aromatic nitrogens is 6. The molecule has 0 aliphatic carbocycles. The first kappa shape index (κ1) is 19.4. The van der Waals surface area contributed by atoms with Gasteiger partial charge in [0.1, 0.15) is 0 Å². The summed E-state index contributed by atoms with van der Waals surface area (Å²) < 4.78 is 4.27. The van der Waals surface area contributed by atoms with E-state index < -0.39 is 0 Å². The van der Waals surface area contributed by atoms with Gasteiger partial charge in [-0.25, -0.2) is 10.1 Å². The molecule has 0 aliphatic rings. The summed E-state index contributed by atoms with van der Waals surface area (Å²) in [6, 6.07) is 25.6. The molecule has 0 saturated heterocycles. The maximum absolute atomic E-state index is 12.4. The van der Waals surface area contributed by atoms with Gasteiger partial charge in [-0.3, -0.25) is 10.1 Å². The van der Waals surface area contributed by atoms with Crippen LogP contribution in [0.5, 0.6) is 0 Å². The number of aryl methyl sites for hydroxylation is 1. The Kier molecular flexibility index (Phi) is 5.04. The molecular weight excluding hydrogens is 404 g/mol. The average Bonchev–Trinajstić information content (AvgIpc) is 3.43. The Balaban J connectivity index is 1.49.